The van der Waals surface area contributed by atoms with Gasteiger partial charge in [0.1, 0.15) is 10.6 Å². The monoisotopic (exact) mass is 326 g/mol. The Balaban J connectivity index is 2.19. The highest BCUT2D eigenvalue weighted by atomic mass is 32.2. The number of hydrogen-bond acceptors (Lipinski definition) is 5. The summed E-state index contributed by atoms with van der Waals surface area (Å²) in [5.74, 6) is 0.981. The van der Waals surface area contributed by atoms with Crippen LogP contribution < -0.4 is 11.1 Å². The number of methoxy groups -OCH3 is 1. The van der Waals surface area contributed by atoms with E-state index >= 15 is 0 Å². The molecule has 1 unspecified atom stereocenters. The lowest BCUT2D eigenvalue weighted by Crippen LogP contribution is -2.40. The van der Waals surface area contributed by atoms with Gasteiger partial charge >= 0.3 is 0 Å². The number of nitrogens with two attached hydrogens (primary N) is 1. The average molecular weight is 326 g/mol. The summed E-state index contributed by atoms with van der Waals surface area (Å²) in [4.78, 5) is 1.53. The van der Waals surface area contributed by atoms with Crippen LogP contribution in [0.1, 0.15) is 18.9 Å². The fourth-order valence-electron chi connectivity index (χ4n) is 2.43. The molecule has 1 atom stereocenters. The molecule has 0 bridgehead atoms. The first-order valence-electron chi connectivity index (χ1n) is 7.04. The average Bonchev–Trinajstić information content (AvgIpc) is 2.95. The van der Waals surface area contributed by atoms with Crippen LogP contribution in [-0.4, -0.2) is 43.2 Å². The Labute approximate surface area is 135 Å². The SMILES string of the molecule is CCSc1cccc(NCC2(OC)CCOC2)c1C(N)=S. The number of ether oxygens (including phenoxy) is 2. The summed E-state index contributed by atoms with van der Waals surface area (Å²) in [7, 11) is 1.73. The van der Waals surface area contributed by atoms with Crippen molar-refractivity contribution in [1.82, 2.24) is 0 Å². The molecule has 0 aliphatic carbocycles. The number of rotatable bonds is 7. The van der Waals surface area contributed by atoms with E-state index in [0.29, 0.717) is 18.1 Å². The van der Waals surface area contributed by atoms with Crippen molar-refractivity contribution in [3.8, 4) is 0 Å². The molecule has 6 heteroatoms. The molecule has 116 valence electrons. The lowest BCUT2D eigenvalue weighted by atomic mass is 10.0. The van der Waals surface area contributed by atoms with Gasteiger partial charge in [-0.3, -0.25) is 0 Å². The van der Waals surface area contributed by atoms with E-state index in [1.54, 1.807) is 18.9 Å². The van der Waals surface area contributed by atoms with Crippen molar-refractivity contribution >= 4 is 34.7 Å². The molecular formula is C15H22N2O2S2. The normalized spacial score (nSPS) is 21.4. The minimum atomic E-state index is -0.263. The molecule has 1 aromatic rings. The van der Waals surface area contributed by atoms with Gasteiger partial charge in [0.05, 0.1) is 6.61 Å². The first-order chi connectivity index (χ1) is 10.1. The van der Waals surface area contributed by atoms with E-state index in [1.165, 1.54) is 0 Å². The lowest BCUT2D eigenvalue weighted by molar-refractivity contribution is -0.00620. The first-order valence-corrected chi connectivity index (χ1v) is 8.43. The van der Waals surface area contributed by atoms with Gasteiger partial charge < -0.3 is 20.5 Å². The van der Waals surface area contributed by atoms with E-state index in [4.69, 9.17) is 27.4 Å². The third kappa shape index (κ3) is 3.88. The largest absolute Gasteiger partial charge is 0.389 e. The van der Waals surface area contributed by atoms with Crippen LogP contribution in [0.3, 0.4) is 0 Å². The molecule has 0 aromatic heterocycles. The maximum atomic E-state index is 5.92. The highest BCUT2D eigenvalue weighted by molar-refractivity contribution is 7.99. The quantitative estimate of drug-likeness (QED) is 0.593. The molecule has 0 radical (unpaired) electrons. The maximum absolute atomic E-state index is 5.92. The molecule has 4 nitrogen and oxygen atoms in total. The molecule has 21 heavy (non-hydrogen) atoms. The van der Waals surface area contributed by atoms with Crippen LogP contribution in [0.4, 0.5) is 5.69 Å². The predicted molar refractivity (Wildman–Crippen MR) is 92.4 cm³/mol. The molecule has 0 saturated carbocycles. The van der Waals surface area contributed by atoms with Crippen LogP contribution in [-0.2, 0) is 9.47 Å². The molecule has 0 spiro atoms. The van der Waals surface area contributed by atoms with Gasteiger partial charge in [0.15, 0.2) is 0 Å². The smallest absolute Gasteiger partial charge is 0.110 e. The summed E-state index contributed by atoms with van der Waals surface area (Å²) in [5.41, 5.74) is 7.54. The van der Waals surface area contributed by atoms with Crippen LogP contribution in [0.15, 0.2) is 23.1 Å². The Morgan fingerprint density at radius 1 is 1.57 bits per heavy atom. The van der Waals surface area contributed by atoms with Crippen molar-refractivity contribution in [2.75, 3.05) is 37.9 Å². The minimum absolute atomic E-state index is 0.263. The fourth-order valence-corrected chi connectivity index (χ4v) is 3.56. The Morgan fingerprint density at radius 2 is 2.38 bits per heavy atom. The van der Waals surface area contributed by atoms with Crippen molar-refractivity contribution in [3.05, 3.63) is 23.8 Å². The maximum Gasteiger partial charge on any atom is 0.110 e. The van der Waals surface area contributed by atoms with Crippen molar-refractivity contribution in [1.29, 1.82) is 0 Å². The highest BCUT2D eigenvalue weighted by Gasteiger charge is 2.34. The van der Waals surface area contributed by atoms with E-state index in [2.05, 4.69) is 18.3 Å². The summed E-state index contributed by atoms with van der Waals surface area (Å²) < 4.78 is 11.1. The van der Waals surface area contributed by atoms with E-state index in [1.807, 2.05) is 12.1 Å². The van der Waals surface area contributed by atoms with Gasteiger partial charge in [-0.2, -0.15) is 0 Å². The Morgan fingerprint density at radius 3 is 2.95 bits per heavy atom. The van der Waals surface area contributed by atoms with Crippen LogP contribution >= 0.6 is 24.0 Å². The Bertz CT molecular complexity index is 502. The number of benzene rings is 1. The van der Waals surface area contributed by atoms with Crippen molar-refractivity contribution in [2.24, 2.45) is 5.73 Å². The minimum Gasteiger partial charge on any atom is -0.389 e. The van der Waals surface area contributed by atoms with Crippen molar-refractivity contribution in [2.45, 2.75) is 23.8 Å². The zero-order valence-corrected chi connectivity index (χ0v) is 14.1. The Kier molecular flexibility index (Phi) is 5.87. The van der Waals surface area contributed by atoms with E-state index < -0.39 is 0 Å². The third-order valence-corrected chi connectivity index (χ3v) is 4.82. The van der Waals surface area contributed by atoms with E-state index in [0.717, 1.165) is 34.9 Å². The van der Waals surface area contributed by atoms with Crippen molar-refractivity contribution in [3.63, 3.8) is 0 Å². The Hall–Kier alpha value is -0.820. The first kappa shape index (κ1) is 16.5. The van der Waals surface area contributed by atoms with Gasteiger partial charge in [-0.05, 0) is 17.9 Å². The number of hydrogen-bond donors (Lipinski definition) is 2. The number of thiocarbonyl (C=S) groups is 1. The van der Waals surface area contributed by atoms with Crippen LogP contribution in [0.2, 0.25) is 0 Å². The molecule has 1 fully saturated rings. The highest BCUT2D eigenvalue weighted by Crippen LogP contribution is 2.30. The summed E-state index contributed by atoms with van der Waals surface area (Å²) >= 11 is 6.97. The predicted octanol–water partition coefficient (Wildman–Crippen LogP) is 2.65. The zero-order valence-electron chi connectivity index (χ0n) is 12.5. The molecule has 2 rings (SSSR count). The molecule has 0 amide bonds. The summed E-state index contributed by atoms with van der Waals surface area (Å²) in [5, 5.41) is 3.44. The molecule has 1 saturated heterocycles. The van der Waals surface area contributed by atoms with Gasteiger partial charge in [0, 0.05) is 42.8 Å². The van der Waals surface area contributed by atoms with Gasteiger partial charge in [-0.25, -0.2) is 0 Å². The summed E-state index contributed by atoms with van der Waals surface area (Å²) in [6.07, 6.45) is 0.891. The second kappa shape index (κ2) is 7.45. The number of nitrogens with one attached hydrogen (secondary N) is 1. The van der Waals surface area contributed by atoms with Gasteiger partial charge in [-0.15, -0.1) is 11.8 Å². The standard InChI is InChI=1S/C15H22N2O2S2/c1-3-21-12-6-4-5-11(13(12)14(16)20)17-9-15(18-2)7-8-19-10-15/h4-6,17H,3,7-10H2,1-2H3,(H2,16,20). The number of anilines is 1. The molecule has 3 N–H and O–H groups in total. The molecule has 1 heterocycles. The van der Waals surface area contributed by atoms with Crippen LogP contribution in [0, 0.1) is 0 Å². The van der Waals surface area contributed by atoms with E-state index in [9.17, 15) is 0 Å². The summed E-state index contributed by atoms with van der Waals surface area (Å²) in [6, 6.07) is 6.08. The molecular weight excluding hydrogens is 304 g/mol. The lowest BCUT2D eigenvalue weighted by Gasteiger charge is -2.27. The van der Waals surface area contributed by atoms with E-state index in [-0.39, 0.29) is 5.60 Å². The summed E-state index contributed by atoms with van der Waals surface area (Å²) in [6.45, 7) is 4.15. The molecule has 1 aliphatic rings. The number of thioether (sulfide) groups is 1. The van der Waals surface area contributed by atoms with Gasteiger partial charge in [0.25, 0.3) is 0 Å². The fraction of sp³-hybridized carbons (Fsp3) is 0.533. The second-order valence-electron chi connectivity index (χ2n) is 5.02. The second-order valence-corrected chi connectivity index (χ2v) is 6.76. The van der Waals surface area contributed by atoms with Crippen LogP contribution in [0.25, 0.3) is 0 Å². The molecule has 1 aromatic carbocycles. The van der Waals surface area contributed by atoms with Crippen molar-refractivity contribution < 1.29 is 9.47 Å². The third-order valence-electron chi connectivity index (χ3n) is 3.67. The van der Waals surface area contributed by atoms with Gasteiger partial charge in [-0.1, -0.05) is 25.2 Å². The van der Waals surface area contributed by atoms with Crippen LogP contribution in [0.5, 0.6) is 0 Å². The zero-order chi connectivity index (χ0) is 15.3. The molecule has 1 aliphatic heterocycles. The van der Waals surface area contributed by atoms with Gasteiger partial charge in [0.2, 0.25) is 0 Å². The topological polar surface area (TPSA) is 56.5 Å².